The van der Waals surface area contributed by atoms with Crippen LogP contribution in [0.15, 0.2) is 93.4 Å². The molecule has 2 heterocycles. The van der Waals surface area contributed by atoms with Crippen molar-refractivity contribution in [2.24, 2.45) is 0 Å². The number of nitrogens with zero attached hydrogens (tertiary/aromatic N) is 2. The zero-order valence-corrected chi connectivity index (χ0v) is 24.2. The maximum Gasteiger partial charge on any atom is 0.262 e. The third kappa shape index (κ3) is 5.65. The maximum atomic E-state index is 9.59. The van der Waals surface area contributed by atoms with Gasteiger partial charge in [-0.25, -0.2) is 0 Å². The summed E-state index contributed by atoms with van der Waals surface area (Å²) in [6, 6.07) is 16.8. The summed E-state index contributed by atoms with van der Waals surface area (Å²) < 4.78 is 3.45. The maximum absolute atomic E-state index is 9.59. The van der Waals surface area contributed by atoms with Gasteiger partial charge in [0.15, 0.2) is 6.54 Å². The molecule has 5 rings (SSSR count). The number of hydrogen-bond acceptors (Lipinski definition) is 5. The lowest BCUT2D eigenvalue weighted by Crippen LogP contribution is -3.00. The lowest BCUT2D eigenvalue weighted by molar-refractivity contribution is -0.670. The minimum atomic E-state index is 0. The molecule has 1 aromatic heterocycles. The number of aromatic nitrogens is 1. The molecule has 188 valence electrons. The van der Waals surface area contributed by atoms with Crippen LogP contribution in [0.2, 0.25) is 0 Å². The molecule has 0 saturated carbocycles. The van der Waals surface area contributed by atoms with E-state index < -0.39 is 0 Å². The van der Waals surface area contributed by atoms with Crippen molar-refractivity contribution in [1.82, 2.24) is 0 Å². The van der Waals surface area contributed by atoms with Crippen molar-refractivity contribution >= 4 is 45.1 Å². The van der Waals surface area contributed by atoms with Crippen molar-refractivity contribution in [3.63, 3.8) is 0 Å². The van der Waals surface area contributed by atoms with Crippen LogP contribution in [0, 0.1) is 0 Å². The minimum absolute atomic E-state index is 0. The Balaban J connectivity index is 0.00000304. The van der Waals surface area contributed by atoms with Gasteiger partial charge in [-0.3, -0.25) is 0 Å². The van der Waals surface area contributed by atoms with Crippen LogP contribution >= 0.6 is 23.1 Å². The van der Waals surface area contributed by atoms with Crippen LogP contribution in [0.1, 0.15) is 31.2 Å². The summed E-state index contributed by atoms with van der Waals surface area (Å²) in [6.45, 7) is 3.70. The average Bonchev–Trinajstić information content (AvgIpc) is 3.41. The number of hydrogen-bond donors (Lipinski definition) is 2. The van der Waals surface area contributed by atoms with Crippen LogP contribution in [0.5, 0.6) is 0 Å². The smallest absolute Gasteiger partial charge is 0.262 e. The van der Waals surface area contributed by atoms with Crippen molar-refractivity contribution in [2.75, 3.05) is 24.7 Å². The van der Waals surface area contributed by atoms with Crippen LogP contribution < -0.4 is 33.4 Å². The van der Waals surface area contributed by atoms with E-state index in [2.05, 4.69) is 89.2 Å². The molecule has 36 heavy (non-hydrogen) atoms. The Kier molecular flexibility index (Phi) is 9.47. The van der Waals surface area contributed by atoms with Gasteiger partial charge >= 0.3 is 0 Å². The van der Waals surface area contributed by atoms with E-state index >= 15 is 0 Å². The molecule has 0 amide bonds. The lowest BCUT2D eigenvalue weighted by Gasteiger charge is -2.20. The number of thioether (sulfide) groups is 1. The molecular formula is C29H31IN2O2S2. The van der Waals surface area contributed by atoms with Crippen molar-refractivity contribution in [3.8, 4) is 0 Å². The Labute approximate surface area is 238 Å². The number of aliphatic hydroxyl groups is 2. The quantitative estimate of drug-likeness (QED) is 0.312. The first-order valence-electron chi connectivity index (χ1n) is 12.2. The highest BCUT2D eigenvalue weighted by Gasteiger charge is 2.24. The lowest BCUT2D eigenvalue weighted by atomic mass is 9.88. The van der Waals surface area contributed by atoms with Crippen molar-refractivity contribution in [3.05, 3.63) is 93.5 Å². The number of β-amino-alcohol motifs (C(OH)–C–C–N with tert-alkyl or cyclic N) is 1. The second-order valence-electron chi connectivity index (χ2n) is 8.76. The molecule has 1 aliphatic carbocycles. The molecule has 4 nitrogen and oxygen atoms in total. The van der Waals surface area contributed by atoms with E-state index in [1.54, 1.807) is 23.1 Å². The van der Waals surface area contributed by atoms with Crippen LogP contribution in [-0.4, -0.2) is 30.0 Å². The summed E-state index contributed by atoms with van der Waals surface area (Å²) in [4.78, 5) is 3.45. The number of allylic oxidation sites excluding steroid dienone is 6. The Hall–Kier alpha value is -1.91. The molecule has 0 spiro atoms. The van der Waals surface area contributed by atoms with Gasteiger partial charge in [0.1, 0.15) is 11.3 Å². The highest BCUT2D eigenvalue weighted by atomic mass is 127. The molecular weight excluding hydrogens is 599 g/mol. The SMILES string of the molecule is CC1=C(/C=C/c2sc3ccccc3[n+]2CCO)CCC/C1=C\C=C1/Sc2ccccc2N1CCO.[I-]. The number of fused-ring (bicyclic) bond motifs is 2. The monoisotopic (exact) mass is 630 g/mol. The molecule has 7 heteroatoms. The summed E-state index contributed by atoms with van der Waals surface area (Å²) in [5.41, 5.74) is 6.46. The van der Waals surface area contributed by atoms with Gasteiger partial charge in [-0.15, -0.1) is 0 Å². The predicted molar refractivity (Wildman–Crippen MR) is 148 cm³/mol. The molecule has 2 aromatic carbocycles. The molecule has 1 aliphatic heterocycles. The van der Waals surface area contributed by atoms with E-state index in [-0.39, 0.29) is 37.2 Å². The van der Waals surface area contributed by atoms with Gasteiger partial charge in [-0.1, -0.05) is 59.5 Å². The Bertz CT molecular complexity index is 1360. The van der Waals surface area contributed by atoms with Crippen LogP contribution in [-0.2, 0) is 6.54 Å². The molecule has 0 unspecified atom stereocenters. The highest BCUT2D eigenvalue weighted by molar-refractivity contribution is 8.03. The third-order valence-electron chi connectivity index (χ3n) is 6.63. The summed E-state index contributed by atoms with van der Waals surface area (Å²) in [7, 11) is 0. The van der Waals surface area contributed by atoms with Gasteiger partial charge in [0.05, 0.1) is 17.3 Å². The fourth-order valence-corrected chi connectivity index (χ4v) is 7.01. The molecule has 0 saturated heterocycles. The van der Waals surface area contributed by atoms with Crippen LogP contribution in [0.25, 0.3) is 16.3 Å². The molecule has 2 aliphatic rings. The number of thiazole rings is 1. The summed E-state index contributed by atoms with van der Waals surface area (Å²) in [5, 5.41) is 21.5. The third-order valence-corrected chi connectivity index (χ3v) is 8.89. The van der Waals surface area contributed by atoms with Crippen LogP contribution in [0.3, 0.4) is 0 Å². The van der Waals surface area contributed by atoms with E-state index in [0.29, 0.717) is 13.1 Å². The average molecular weight is 631 g/mol. The Morgan fingerprint density at radius 2 is 1.78 bits per heavy atom. The van der Waals surface area contributed by atoms with Gasteiger partial charge in [-0.2, -0.15) is 4.57 Å². The number of halogens is 1. The number of aliphatic hydroxyl groups excluding tert-OH is 2. The molecule has 2 N–H and O–H groups in total. The predicted octanol–water partition coefficient (Wildman–Crippen LogP) is 3.07. The Morgan fingerprint density at radius 1 is 0.972 bits per heavy atom. The first kappa shape index (κ1) is 27.1. The largest absolute Gasteiger partial charge is 1.00 e. The molecule has 0 radical (unpaired) electrons. The number of para-hydroxylation sites is 2. The molecule has 3 aromatic rings. The van der Waals surface area contributed by atoms with Crippen LogP contribution in [0.4, 0.5) is 5.69 Å². The Morgan fingerprint density at radius 3 is 2.61 bits per heavy atom. The number of anilines is 1. The van der Waals surface area contributed by atoms with Gasteiger partial charge in [-0.05, 0) is 67.2 Å². The van der Waals surface area contributed by atoms with E-state index in [9.17, 15) is 10.2 Å². The van der Waals surface area contributed by atoms with Gasteiger partial charge in [0, 0.05) is 23.6 Å². The van der Waals surface area contributed by atoms with Gasteiger partial charge in [0.2, 0.25) is 5.52 Å². The van der Waals surface area contributed by atoms with E-state index in [0.717, 1.165) is 19.3 Å². The zero-order chi connectivity index (χ0) is 24.2. The van der Waals surface area contributed by atoms with Crippen molar-refractivity contribution in [1.29, 1.82) is 0 Å². The van der Waals surface area contributed by atoms with Gasteiger partial charge in [0.25, 0.3) is 5.01 Å². The summed E-state index contributed by atoms with van der Waals surface area (Å²) >= 11 is 3.54. The fourth-order valence-electron chi connectivity index (χ4n) is 4.83. The van der Waals surface area contributed by atoms with E-state index in [4.69, 9.17) is 0 Å². The zero-order valence-electron chi connectivity index (χ0n) is 20.4. The van der Waals surface area contributed by atoms with E-state index in [1.165, 1.54) is 47.6 Å². The second-order valence-corrected chi connectivity index (χ2v) is 10.9. The first-order chi connectivity index (χ1) is 17.2. The highest BCUT2D eigenvalue weighted by Crippen LogP contribution is 2.45. The number of rotatable bonds is 7. The minimum Gasteiger partial charge on any atom is -1.00 e. The fraction of sp³-hybridized carbons (Fsp3) is 0.276. The second kappa shape index (κ2) is 12.6. The van der Waals surface area contributed by atoms with E-state index in [1.807, 2.05) is 0 Å². The van der Waals surface area contributed by atoms with Crippen molar-refractivity contribution < 1.29 is 38.8 Å². The topological polar surface area (TPSA) is 47.6 Å². The standard InChI is InChI=1S/C29H31N2O2S2.HI/c1-21-22(13-15-28-30(17-19-32)24-9-2-4-11-26(24)34-28)7-6-8-23(21)14-16-29-31(18-20-33)25-10-3-5-12-27(25)35-29;/h2-5,9-16,32-33H,6-8,17-20H2,1H3;1H/q+1;/p-1. The van der Waals surface area contributed by atoms with Crippen molar-refractivity contribution in [2.45, 2.75) is 37.6 Å². The summed E-state index contributed by atoms with van der Waals surface area (Å²) in [5.74, 6) is 0. The molecule has 0 fully saturated rings. The molecule has 0 bridgehead atoms. The molecule has 0 atom stereocenters. The van der Waals surface area contributed by atoms with Gasteiger partial charge < -0.3 is 39.1 Å². The summed E-state index contributed by atoms with van der Waals surface area (Å²) in [6.07, 6.45) is 12.3. The normalized spacial score (nSPS) is 18.0. The first-order valence-corrected chi connectivity index (χ1v) is 13.8. The number of benzene rings is 2.